The normalized spacial score (nSPS) is 23.1. The van der Waals surface area contributed by atoms with E-state index < -0.39 is 11.9 Å². The molecule has 19 heavy (non-hydrogen) atoms. The van der Waals surface area contributed by atoms with Gasteiger partial charge in [-0.15, -0.1) is 0 Å². The number of fused-ring (bicyclic) bond motifs is 1. The summed E-state index contributed by atoms with van der Waals surface area (Å²) in [5.74, 6) is 0.237. The Hall–Kier alpha value is -1.75. The Morgan fingerprint density at radius 1 is 1.32 bits per heavy atom. The van der Waals surface area contributed by atoms with Gasteiger partial charge in [0.1, 0.15) is 13.2 Å². The molecule has 2 atom stereocenters. The highest BCUT2D eigenvalue weighted by molar-refractivity contribution is 5.77. The number of rotatable bonds is 3. The van der Waals surface area contributed by atoms with Crippen LogP contribution in [0.3, 0.4) is 0 Å². The number of hydrogen-bond donors (Lipinski definition) is 2. The van der Waals surface area contributed by atoms with Gasteiger partial charge in [-0.25, -0.2) is 0 Å². The van der Waals surface area contributed by atoms with Crippen LogP contribution in [0.2, 0.25) is 0 Å². The van der Waals surface area contributed by atoms with Gasteiger partial charge in [-0.3, -0.25) is 4.79 Å². The van der Waals surface area contributed by atoms with E-state index in [9.17, 15) is 9.90 Å². The molecular weight excluding hydrogens is 246 g/mol. The van der Waals surface area contributed by atoms with Crippen LogP contribution in [0, 0.1) is 5.92 Å². The molecule has 1 aromatic carbocycles. The molecule has 102 valence electrons. The Bertz CT molecular complexity index is 482. The Morgan fingerprint density at radius 3 is 2.79 bits per heavy atom. The van der Waals surface area contributed by atoms with Gasteiger partial charge < -0.3 is 19.9 Å². The topological polar surface area (TPSA) is 67.8 Å². The molecule has 5 heteroatoms. The monoisotopic (exact) mass is 263 g/mol. The van der Waals surface area contributed by atoms with Crippen LogP contribution in [0.15, 0.2) is 18.2 Å². The summed E-state index contributed by atoms with van der Waals surface area (Å²) < 4.78 is 11.0. The van der Waals surface area contributed by atoms with Crippen LogP contribution in [0.25, 0.3) is 0 Å². The highest BCUT2D eigenvalue weighted by atomic mass is 16.6. The average Bonchev–Trinajstić information content (AvgIpc) is 2.92. The molecule has 2 heterocycles. The molecule has 3 rings (SSSR count). The molecule has 0 aromatic heterocycles. The molecule has 2 aliphatic heterocycles. The van der Waals surface area contributed by atoms with E-state index in [0.29, 0.717) is 24.7 Å². The standard InChI is InChI=1S/C14H17NO4/c16-14(17)13(10-3-4-15-8-10)9-1-2-11-12(7-9)19-6-5-18-11/h1-2,7,10,13,15H,3-6,8H2,(H,16,17). The third-order valence-corrected chi connectivity index (χ3v) is 3.76. The molecule has 0 bridgehead atoms. The zero-order valence-electron chi connectivity index (χ0n) is 10.6. The summed E-state index contributed by atoms with van der Waals surface area (Å²) in [7, 11) is 0. The number of carbonyl (C=O) groups is 1. The highest BCUT2D eigenvalue weighted by Crippen LogP contribution is 2.36. The van der Waals surface area contributed by atoms with Crippen molar-refractivity contribution in [3.8, 4) is 11.5 Å². The minimum Gasteiger partial charge on any atom is -0.486 e. The van der Waals surface area contributed by atoms with Crippen LogP contribution >= 0.6 is 0 Å². The van der Waals surface area contributed by atoms with Crippen LogP contribution in [0.1, 0.15) is 17.9 Å². The smallest absolute Gasteiger partial charge is 0.311 e. The molecular formula is C14H17NO4. The Labute approximate surface area is 111 Å². The fourth-order valence-electron chi connectivity index (χ4n) is 2.83. The van der Waals surface area contributed by atoms with E-state index in [2.05, 4.69) is 5.32 Å². The van der Waals surface area contributed by atoms with Gasteiger partial charge in [0.15, 0.2) is 11.5 Å². The summed E-state index contributed by atoms with van der Waals surface area (Å²) in [4.78, 5) is 11.6. The van der Waals surface area contributed by atoms with Gasteiger partial charge in [0.2, 0.25) is 0 Å². The lowest BCUT2D eigenvalue weighted by molar-refractivity contribution is -0.140. The molecule has 1 aromatic rings. The maximum absolute atomic E-state index is 11.6. The van der Waals surface area contributed by atoms with Crippen molar-refractivity contribution in [3.05, 3.63) is 23.8 Å². The highest BCUT2D eigenvalue weighted by Gasteiger charge is 2.32. The lowest BCUT2D eigenvalue weighted by Gasteiger charge is -2.23. The minimum absolute atomic E-state index is 0.139. The molecule has 1 fully saturated rings. The first kappa shape index (κ1) is 12.3. The second-order valence-corrected chi connectivity index (χ2v) is 4.97. The Balaban J connectivity index is 1.91. The SMILES string of the molecule is O=C(O)C(c1ccc2c(c1)OCCO2)C1CCNC1. The number of hydrogen-bond acceptors (Lipinski definition) is 4. The molecule has 1 saturated heterocycles. The van der Waals surface area contributed by atoms with Crippen molar-refractivity contribution in [2.45, 2.75) is 12.3 Å². The second-order valence-electron chi connectivity index (χ2n) is 4.97. The van der Waals surface area contributed by atoms with Crippen molar-refractivity contribution in [1.29, 1.82) is 0 Å². The molecule has 0 radical (unpaired) electrons. The third-order valence-electron chi connectivity index (χ3n) is 3.76. The molecule has 0 saturated carbocycles. The summed E-state index contributed by atoms with van der Waals surface area (Å²) in [6, 6.07) is 5.46. The number of carboxylic acid groups (broad SMARTS) is 1. The minimum atomic E-state index is -0.773. The summed E-state index contributed by atoms with van der Waals surface area (Å²) in [6.45, 7) is 2.70. The van der Waals surface area contributed by atoms with Crippen molar-refractivity contribution in [2.75, 3.05) is 26.3 Å². The Morgan fingerprint density at radius 2 is 2.11 bits per heavy atom. The van der Waals surface area contributed by atoms with E-state index in [0.717, 1.165) is 25.1 Å². The van der Waals surface area contributed by atoms with Crippen LogP contribution in [-0.4, -0.2) is 37.4 Å². The van der Waals surface area contributed by atoms with E-state index in [1.165, 1.54) is 0 Å². The molecule has 0 spiro atoms. The van der Waals surface area contributed by atoms with Crippen LogP contribution < -0.4 is 14.8 Å². The van der Waals surface area contributed by atoms with Crippen molar-refractivity contribution in [3.63, 3.8) is 0 Å². The molecule has 0 aliphatic carbocycles. The summed E-state index contributed by atoms with van der Waals surface area (Å²) in [5.41, 5.74) is 0.797. The zero-order valence-corrected chi connectivity index (χ0v) is 10.6. The number of nitrogens with one attached hydrogen (secondary N) is 1. The van der Waals surface area contributed by atoms with Gasteiger partial charge in [-0.2, -0.15) is 0 Å². The van der Waals surface area contributed by atoms with Gasteiger partial charge in [0.25, 0.3) is 0 Å². The number of ether oxygens (including phenoxy) is 2. The van der Waals surface area contributed by atoms with E-state index in [4.69, 9.17) is 9.47 Å². The van der Waals surface area contributed by atoms with Gasteiger partial charge in [0, 0.05) is 0 Å². The first-order chi connectivity index (χ1) is 9.25. The predicted molar refractivity (Wildman–Crippen MR) is 68.8 cm³/mol. The lowest BCUT2D eigenvalue weighted by atomic mass is 9.85. The first-order valence-corrected chi connectivity index (χ1v) is 6.59. The van der Waals surface area contributed by atoms with Crippen molar-refractivity contribution >= 4 is 5.97 Å². The summed E-state index contributed by atoms with van der Waals surface area (Å²) >= 11 is 0. The fraction of sp³-hybridized carbons (Fsp3) is 0.500. The quantitative estimate of drug-likeness (QED) is 0.858. The van der Waals surface area contributed by atoms with E-state index in [1.807, 2.05) is 18.2 Å². The second kappa shape index (κ2) is 5.09. The number of carboxylic acids is 1. The average molecular weight is 263 g/mol. The first-order valence-electron chi connectivity index (χ1n) is 6.59. The Kier molecular flexibility index (Phi) is 3.29. The van der Waals surface area contributed by atoms with Crippen molar-refractivity contribution < 1.29 is 19.4 Å². The predicted octanol–water partition coefficient (Wildman–Crippen LogP) is 1.24. The van der Waals surface area contributed by atoms with Gasteiger partial charge in [-0.1, -0.05) is 6.07 Å². The molecule has 5 nitrogen and oxygen atoms in total. The summed E-state index contributed by atoms with van der Waals surface area (Å²) in [6.07, 6.45) is 0.894. The number of benzene rings is 1. The molecule has 0 amide bonds. The van der Waals surface area contributed by atoms with Crippen LogP contribution in [0.5, 0.6) is 11.5 Å². The van der Waals surface area contributed by atoms with E-state index in [-0.39, 0.29) is 5.92 Å². The van der Waals surface area contributed by atoms with Crippen molar-refractivity contribution in [2.24, 2.45) is 5.92 Å². The van der Waals surface area contributed by atoms with Gasteiger partial charge >= 0.3 is 5.97 Å². The molecule has 2 aliphatic rings. The largest absolute Gasteiger partial charge is 0.486 e. The van der Waals surface area contributed by atoms with E-state index >= 15 is 0 Å². The van der Waals surface area contributed by atoms with Crippen molar-refractivity contribution in [1.82, 2.24) is 5.32 Å². The molecule has 2 N–H and O–H groups in total. The lowest BCUT2D eigenvalue weighted by Crippen LogP contribution is -2.24. The van der Waals surface area contributed by atoms with E-state index in [1.54, 1.807) is 0 Å². The maximum Gasteiger partial charge on any atom is 0.311 e. The molecule has 2 unspecified atom stereocenters. The maximum atomic E-state index is 11.6. The third kappa shape index (κ3) is 2.38. The van der Waals surface area contributed by atoms with Gasteiger partial charge in [0.05, 0.1) is 5.92 Å². The fourth-order valence-corrected chi connectivity index (χ4v) is 2.83. The zero-order chi connectivity index (χ0) is 13.2. The number of aliphatic carboxylic acids is 1. The van der Waals surface area contributed by atoms with Crippen LogP contribution in [-0.2, 0) is 4.79 Å². The van der Waals surface area contributed by atoms with Crippen LogP contribution in [0.4, 0.5) is 0 Å². The van der Waals surface area contributed by atoms with Gasteiger partial charge in [-0.05, 0) is 43.1 Å². The summed E-state index contributed by atoms with van der Waals surface area (Å²) in [5, 5.41) is 12.7.